The fourth-order valence-electron chi connectivity index (χ4n) is 10.1. The van der Waals surface area contributed by atoms with Gasteiger partial charge in [-0.1, -0.05) is 146 Å². The number of fused-ring (bicyclic) bond motifs is 7. The van der Waals surface area contributed by atoms with Gasteiger partial charge in [0.1, 0.15) is 0 Å². The molecule has 0 aliphatic heterocycles. The molecule has 10 aromatic rings. The lowest BCUT2D eigenvalue weighted by Gasteiger charge is -2.38. The van der Waals surface area contributed by atoms with Crippen LogP contribution in [0.4, 0.5) is 17.1 Å². The van der Waals surface area contributed by atoms with Crippen LogP contribution in [0.3, 0.4) is 0 Å². The standard InChI is InChI=1S/C53H34N2/c1-4-17-36(18-5-1)54(37-19-6-2-7-20-37)39-23-14-16-35(34-39)40-30-32-47-50-43(40)31-33-49-52(50)51-46(28-15-29-48(51)55(49)38-21-8-3-9-22-38)53(47)44-26-12-10-24-41(44)42-25-11-13-27-45(42)53/h1-34H. The quantitative estimate of drug-likeness (QED) is 0.174. The third kappa shape index (κ3) is 4.03. The Balaban J connectivity index is 1.20. The molecular weight excluding hydrogens is 665 g/mol. The van der Waals surface area contributed by atoms with Gasteiger partial charge in [-0.05, 0) is 116 Å². The van der Waals surface area contributed by atoms with Crippen LogP contribution in [0.1, 0.15) is 22.3 Å². The van der Waals surface area contributed by atoms with Crippen molar-refractivity contribution in [1.29, 1.82) is 0 Å². The Morgan fingerprint density at radius 3 is 1.58 bits per heavy atom. The number of hydrogen-bond donors (Lipinski definition) is 0. The molecule has 2 nitrogen and oxygen atoms in total. The summed E-state index contributed by atoms with van der Waals surface area (Å²) in [4.78, 5) is 2.35. The maximum atomic E-state index is 2.48. The lowest BCUT2D eigenvalue weighted by atomic mass is 9.63. The molecule has 0 N–H and O–H groups in total. The molecule has 0 saturated heterocycles. The first-order chi connectivity index (χ1) is 27.3. The highest BCUT2D eigenvalue weighted by atomic mass is 15.1. The van der Waals surface area contributed by atoms with E-state index in [0.29, 0.717) is 0 Å². The monoisotopic (exact) mass is 698 g/mol. The van der Waals surface area contributed by atoms with E-state index in [0.717, 1.165) is 17.1 Å². The van der Waals surface area contributed by atoms with Gasteiger partial charge in [0.15, 0.2) is 0 Å². The minimum Gasteiger partial charge on any atom is -0.310 e. The first-order valence-electron chi connectivity index (χ1n) is 19.1. The molecule has 12 rings (SSSR count). The molecule has 0 fully saturated rings. The average molecular weight is 699 g/mol. The summed E-state index contributed by atoms with van der Waals surface area (Å²) in [5, 5.41) is 5.29. The molecule has 0 radical (unpaired) electrons. The van der Waals surface area contributed by atoms with Gasteiger partial charge in [0.05, 0.1) is 16.4 Å². The second-order valence-corrected chi connectivity index (χ2v) is 14.8. The molecule has 256 valence electrons. The van der Waals surface area contributed by atoms with E-state index in [1.807, 2.05) is 0 Å². The average Bonchev–Trinajstić information content (AvgIpc) is 3.75. The highest BCUT2D eigenvalue weighted by Crippen LogP contribution is 2.62. The Hall–Kier alpha value is -7.16. The molecule has 0 unspecified atom stereocenters. The summed E-state index contributed by atoms with van der Waals surface area (Å²) in [6.45, 7) is 0. The Labute approximate surface area is 319 Å². The number of nitrogens with zero attached hydrogens (tertiary/aromatic N) is 2. The Kier molecular flexibility index (Phi) is 6.29. The predicted octanol–water partition coefficient (Wildman–Crippen LogP) is 13.8. The van der Waals surface area contributed by atoms with Crippen LogP contribution in [-0.4, -0.2) is 4.57 Å². The van der Waals surface area contributed by atoms with Crippen LogP contribution < -0.4 is 4.90 Å². The molecule has 55 heavy (non-hydrogen) atoms. The molecule has 0 amide bonds. The normalized spacial score (nSPS) is 13.2. The van der Waals surface area contributed by atoms with Crippen molar-refractivity contribution in [2.24, 2.45) is 0 Å². The maximum absolute atomic E-state index is 2.48. The minimum atomic E-state index is -0.465. The second kappa shape index (κ2) is 11.4. The van der Waals surface area contributed by atoms with Crippen LogP contribution in [-0.2, 0) is 5.41 Å². The number of benzene rings is 9. The zero-order chi connectivity index (χ0) is 36.1. The van der Waals surface area contributed by atoms with Gasteiger partial charge in [-0.25, -0.2) is 0 Å². The molecule has 2 aliphatic rings. The maximum Gasteiger partial charge on any atom is 0.0726 e. The third-order valence-corrected chi connectivity index (χ3v) is 12.2. The molecule has 1 spiro atoms. The smallest absolute Gasteiger partial charge is 0.0726 e. The van der Waals surface area contributed by atoms with Crippen LogP contribution in [0.5, 0.6) is 0 Å². The highest BCUT2D eigenvalue weighted by molar-refractivity contribution is 6.28. The van der Waals surface area contributed by atoms with E-state index in [1.54, 1.807) is 0 Å². The molecule has 1 heterocycles. The van der Waals surface area contributed by atoms with Gasteiger partial charge in [-0.15, -0.1) is 0 Å². The van der Waals surface area contributed by atoms with Crippen LogP contribution in [0.25, 0.3) is 60.5 Å². The van der Waals surface area contributed by atoms with Gasteiger partial charge in [0, 0.05) is 33.5 Å². The first-order valence-corrected chi connectivity index (χ1v) is 19.1. The fourth-order valence-corrected chi connectivity index (χ4v) is 10.1. The molecule has 9 aromatic carbocycles. The van der Waals surface area contributed by atoms with Gasteiger partial charge in [0.25, 0.3) is 0 Å². The van der Waals surface area contributed by atoms with Crippen molar-refractivity contribution < 1.29 is 0 Å². The van der Waals surface area contributed by atoms with Gasteiger partial charge < -0.3 is 9.47 Å². The predicted molar refractivity (Wildman–Crippen MR) is 229 cm³/mol. The van der Waals surface area contributed by atoms with Crippen molar-refractivity contribution in [2.75, 3.05) is 4.90 Å². The van der Waals surface area contributed by atoms with E-state index >= 15 is 0 Å². The summed E-state index contributed by atoms with van der Waals surface area (Å²) in [5.41, 5.74) is 17.1. The molecule has 1 aromatic heterocycles. The Morgan fingerprint density at radius 2 is 0.891 bits per heavy atom. The van der Waals surface area contributed by atoms with E-state index in [-0.39, 0.29) is 0 Å². The van der Waals surface area contributed by atoms with Gasteiger partial charge >= 0.3 is 0 Å². The summed E-state index contributed by atoms with van der Waals surface area (Å²) in [5.74, 6) is 0. The zero-order valence-electron chi connectivity index (χ0n) is 30.0. The number of aromatic nitrogens is 1. The van der Waals surface area contributed by atoms with Crippen molar-refractivity contribution in [2.45, 2.75) is 5.41 Å². The van der Waals surface area contributed by atoms with E-state index in [9.17, 15) is 0 Å². The summed E-state index contributed by atoms with van der Waals surface area (Å²) in [6.07, 6.45) is 0. The number of anilines is 3. The van der Waals surface area contributed by atoms with Crippen molar-refractivity contribution in [3.63, 3.8) is 0 Å². The SMILES string of the molecule is c1ccc(N(c2ccccc2)c2cccc(-c3ccc4c5c3ccc3c5c5c(cccc5n3-c3ccccc3)C43c4ccccc4-c4ccccc43)c2)cc1. The van der Waals surface area contributed by atoms with Crippen molar-refractivity contribution >= 4 is 49.6 Å². The summed E-state index contributed by atoms with van der Waals surface area (Å²) in [7, 11) is 0. The lowest BCUT2D eigenvalue weighted by Crippen LogP contribution is -2.30. The van der Waals surface area contributed by atoms with Crippen LogP contribution >= 0.6 is 0 Å². The van der Waals surface area contributed by atoms with Gasteiger partial charge in [-0.2, -0.15) is 0 Å². The minimum absolute atomic E-state index is 0.465. The number of rotatable bonds is 5. The third-order valence-electron chi connectivity index (χ3n) is 12.2. The summed E-state index contributed by atoms with van der Waals surface area (Å²) in [6, 6.07) is 76.1. The van der Waals surface area contributed by atoms with Crippen LogP contribution in [0.15, 0.2) is 206 Å². The molecule has 0 atom stereocenters. The number of para-hydroxylation sites is 3. The zero-order valence-corrected chi connectivity index (χ0v) is 30.0. The van der Waals surface area contributed by atoms with Crippen molar-refractivity contribution in [3.05, 3.63) is 229 Å². The fraction of sp³-hybridized carbons (Fsp3) is 0.0189. The number of hydrogen-bond acceptors (Lipinski definition) is 1. The molecular formula is C53H34N2. The largest absolute Gasteiger partial charge is 0.310 e. The Bertz CT molecular complexity index is 3050. The van der Waals surface area contributed by atoms with Crippen molar-refractivity contribution in [1.82, 2.24) is 4.57 Å². The summed E-state index contributed by atoms with van der Waals surface area (Å²) < 4.78 is 2.48. The second-order valence-electron chi connectivity index (χ2n) is 14.8. The molecule has 2 heteroatoms. The molecule has 0 saturated carbocycles. The summed E-state index contributed by atoms with van der Waals surface area (Å²) >= 11 is 0. The topological polar surface area (TPSA) is 8.17 Å². The van der Waals surface area contributed by atoms with Crippen LogP contribution in [0.2, 0.25) is 0 Å². The molecule has 2 aliphatic carbocycles. The van der Waals surface area contributed by atoms with E-state index < -0.39 is 5.41 Å². The first kappa shape index (κ1) is 30.3. The molecule has 0 bridgehead atoms. The van der Waals surface area contributed by atoms with Crippen molar-refractivity contribution in [3.8, 4) is 27.9 Å². The lowest BCUT2D eigenvalue weighted by molar-refractivity contribution is 0.783. The van der Waals surface area contributed by atoms with E-state index in [4.69, 9.17) is 0 Å². The van der Waals surface area contributed by atoms with E-state index in [2.05, 4.69) is 216 Å². The van der Waals surface area contributed by atoms with E-state index in [1.165, 1.54) is 82.8 Å². The van der Waals surface area contributed by atoms with Gasteiger partial charge in [-0.3, -0.25) is 0 Å². The Morgan fingerprint density at radius 1 is 0.345 bits per heavy atom. The van der Waals surface area contributed by atoms with Crippen LogP contribution in [0, 0.1) is 0 Å². The highest BCUT2D eigenvalue weighted by Gasteiger charge is 2.50. The van der Waals surface area contributed by atoms with Gasteiger partial charge in [0.2, 0.25) is 0 Å².